The standard InChI is InChI=1S/C16H22N2O2/c1-16(20)7-10-18(11-8-16)15(19)13-4-2-6-14-12(13)5-3-9-17-14/h2,4,6,17,20H,3,5,7-11H2,1H3. The first-order valence-corrected chi connectivity index (χ1v) is 7.44. The number of nitrogens with zero attached hydrogens (tertiary/aromatic N) is 1. The second-order valence-corrected chi connectivity index (χ2v) is 6.15. The highest BCUT2D eigenvalue weighted by Crippen LogP contribution is 2.28. The topological polar surface area (TPSA) is 52.6 Å². The molecule has 0 aliphatic carbocycles. The summed E-state index contributed by atoms with van der Waals surface area (Å²) in [5.74, 6) is 0.112. The van der Waals surface area contributed by atoms with Gasteiger partial charge in [-0.3, -0.25) is 4.79 Å². The molecule has 0 atom stereocenters. The van der Waals surface area contributed by atoms with E-state index in [1.807, 2.05) is 30.0 Å². The van der Waals surface area contributed by atoms with Gasteiger partial charge in [0, 0.05) is 30.9 Å². The third-order valence-corrected chi connectivity index (χ3v) is 4.45. The van der Waals surface area contributed by atoms with Gasteiger partial charge in [-0.15, -0.1) is 0 Å². The molecule has 4 heteroatoms. The van der Waals surface area contributed by atoms with Gasteiger partial charge in [0.15, 0.2) is 0 Å². The van der Waals surface area contributed by atoms with E-state index in [1.165, 1.54) is 0 Å². The molecule has 0 aromatic heterocycles. The van der Waals surface area contributed by atoms with Gasteiger partial charge >= 0.3 is 0 Å². The minimum absolute atomic E-state index is 0.112. The summed E-state index contributed by atoms with van der Waals surface area (Å²) < 4.78 is 0. The second-order valence-electron chi connectivity index (χ2n) is 6.15. The predicted octanol–water partition coefficient (Wildman–Crippen LogP) is 2.03. The van der Waals surface area contributed by atoms with Gasteiger partial charge in [-0.25, -0.2) is 0 Å². The molecule has 2 N–H and O–H groups in total. The van der Waals surface area contributed by atoms with Crippen LogP contribution >= 0.6 is 0 Å². The first kappa shape index (κ1) is 13.4. The van der Waals surface area contributed by atoms with Crippen LogP contribution in [0, 0.1) is 0 Å². The quantitative estimate of drug-likeness (QED) is 0.824. The van der Waals surface area contributed by atoms with Crippen molar-refractivity contribution in [3.05, 3.63) is 29.3 Å². The van der Waals surface area contributed by atoms with Crippen LogP contribution in [0.2, 0.25) is 0 Å². The number of anilines is 1. The van der Waals surface area contributed by atoms with Crippen molar-refractivity contribution in [1.29, 1.82) is 0 Å². The average molecular weight is 274 g/mol. The number of fused-ring (bicyclic) bond motifs is 1. The SMILES string of the molecule is CC1(O)CCN(C(=O)c2cccc3c2CCCN3)CC1. The first-order valence-electron chi connectivity index (χ1n) is 7.44. The van der Waals surface area contributed by atoms with E-state index in [1.54, 1.807) is 0 Å². The van der Waals surface area contributed by atoms with Crippen molar-refractivity contribution in [3.63, 3.8) is 0 Å². The Kier molecular flexibility index (Phi) is 3.42. The fraction of sp³-hybridized carbons (Fsp3) is 0.562. The van der Waals surface area contributed by atoms with Gasteiger partial charge < -0.3 is 15.3 Å². The summed E-state index contributed by atoms with van der Waals surface area (Å²) in [6.07, 6.45) is 3.36. The maximum atomic E-state index is 12.7. The number of hydrogen-bond acceptors (Lipinski definition) is 3. The Morgan fingerprint density at radius 1 is 1.35 bits per heavy atom. The van der Waals surface area contributed by atoms with Gasteiger partial charge in [-0.05, 0) is 50.3 Å². The van der Waals surface area contributed by atoms with Crippen LogP contribution in [0.25, 0.3) is 0 Å². The lowest BCUT2D eigenvalue weighted by Gasteiger charge is -2.36. The normalized spacial score (nSPS) is 21.0. The molecule has 1 fully saturated rings. The number of amides is 1. The highest BCUT2D eigenvalue weighted by atomic mass is 16.3. The molecule has 0 radical (unpaired) electrons. The Morgan fingerprint density at radius 3 is 2.85 bits per heavy atom. The highest BCUT2D eigenvalue weighted by Gasteiger charge is 2.31. The van der Waals surface area contributed by atoms with Crippen molar-refractivity contribution in [1.82, 2.24) is 4.90 Å². The molecule has 0 saturated carbocycles. The van der Waals surface area contributed by atoms with Crippen LogP contribution in [0.4, 0.5) is 5.69 Å². The molecular formula is C16H22N2O2. The Morgan fingerprint density at radius 2 is 2.10 bits per heavy atom. The van der Waals surface area contributed by atoms with Gasteiger partial charge in [0.2, 0.25) is 0 Å². The third-order valence-electron chi connectivity index (χ3n) is 4.45. The van der Waals surface area contributed by atoms with Crippen LogP contribution in [0.15, 0.2) is 18.2 Å². The van der Waals surface area contributed by atoms with Crippen molar-refractivity contribution >= 4 is 11.6 Å². The lowest BCUT2D eigenvalue weighted by atomic mass is 9.92. The van der Waals surface area contributed by atoms with E-state index in [9.17, 15) is 9.90 Å². The molecule has 1 aromatic carbocycles. The summed E-state index contributed by atoms with van der Waals surface area (Å²) in [5.41, 5.74) is 2.47. The van der Waals surface area contributed by atoms with Crippen LogP contribution in [-0.2, 0) is 6.42 Å². The number of aliphatic hydroxyl groups is 1. The van der Waals surface area contributed by atoms with E-state index in [4.69, 9.17) is 0 Å². The first-order chi connectivity index (χ1) is 9.57. The highest BCUT2D eigenvalue weighted by molar-refractivity contribution is 5.97. The van der Waals surface area contributed by atoms with Gasteiger partial charge in [0.1, 0.15) is 0 Å². The summed E-state index contributed by atoms with van der Waals surface area (Å²) in [6, 6.07) is 5.93. The number of likely N-dealkylation sites (tertiary alicyclic amines) is 1. The van der Waals surface area contributed by atoms with Crippen LogP contribution in [0.1, 0.15) is 42.1 Å². The zero-order valence-corrected chi connectivity index (χ0v) is 12.0. The number of rotatable bonds is 1. The molecule has 2 aliphatic rings. The van der Waals surface area contributed by atoms with Crippen molar-refractivity contribution in [2.45, 2.75) is 38.2 Å². The van der Waals surface area contributed by atoms with E-state index in [-0.39, 0.29) is 5.91 Å². The van der Waals surface area contributed by atoms with Crippen LogP contribution in [0.5, 0.6) is 0 Å². The molecule has 0 bridgehead atoms. The summed E-state index contributed by atoms with van der Waals surface area (Å²) in [7, 11) is 0. The molecule has 2 aliphatic heterocycles. The van der Waals surface area contributed by atoms with E-state index in [0.29, 0.717) is 25.9 Å². The summed E-state index contributed by atoms with van der Waals surface area (Å²) in [5, 5.41) is 13.4. The van der Waals surface area contributed by atoms with Crippen molar-refractivity contribution in [2.75, 3.05) is 25.0 Å². The molecule has 3 rings (SSSR count). The minimum Gasteiger partial charge on any atom is -0.390 e. The van der Waals surface area contributed by atoms with Crippen molar-refractivity contribution < 1.29 is 9.90 Å². The number of nitrogens with one attached hydrogen (secondary N) is 1. The van der Waals surface area contributed by atoms with Crippen molar-refractivity contribution in [3.8, 4) is 0 Å². The van der Waals surface area contributed by atoms with Gasteiger partial charge in [0.25, 0.3) is 5.91 Å². The fourth-order valence-corrected chi connectivity index (χ4v) is 3.07. The lowest BCUT2D eigenvalue weighted by molar-refractivity contribution is -0.00205. The molecule has 2 heterocycles. The Bertz CT molecular complexity index is 515. The lowest BCUT2D eigenvalue weighted by Crippen LogP contribution is -2.45. The number of hydrogen-bond donors (Lipinski definition) is 2. The Labute approximate surface area is 119 Å². The zero-order chi connectivity index (χ0) is 14.2. The smallest absolute Gasteiger partial charge is 0.254 e. The molecule has 1 saturated heterocycles. The fourth-order valence-electron chi connectivity index (χ4n) is 3.07. The average Bonchev–Trinajstić information content (AvgIpc) is 2.46. The molecule has 0 spiro atoms. The number of piperidine rings is 1. The van der Waals surface area contributed by atoms with E-state index < -0.39 is 5.60 Å². The van der Waals surface area contributed by atoms with Gasteiger partial charge in [0.05, 0.1) is 5.60 Å². The molecule has 1 aromatic rings. The summed E-state index contributed by atoms with van der Waals surface area (Å²) in [4.78, 5) is 14.6. The van der Waals surface area contributed by atoms with Crippen LogP contribution in [0.3, 0.4) is 0 Å². The van der Waals surface area contributed by atoms with Crippen molar-refractivity contribution in [2.24, 2.45) is 0 Å². The largest absolute Gasteiger partial charge is 0.390 e. The summed E-state index contributed by atoms with van der Waals surface area (Å²) in [6.45, 7) is 4.12. The number of carbonyl (C=O) groups excluding carboxylic acids is 1. The molecular weight excluding hydrogens is 252 g/mol. The Hall–Kier alpha value is -1.55. The number of carbonyl (C=O) groups is 1. The maximum Gasteiger partial charge on any atom is 0.254 e. The monoisotopic (exact) mass is 274 g/mol. The molecule has 0 unspecified atom stereocenters. The van der Waals surface area contributed by atoms with E-state index in [2.05, 4.69) is 5.32 Å². The van der Waals surface area contributed by atoms with Gasteiger partial charge in [-0.1, -0.05) is 6.07 Å². The minimum atomic E-state index is -0.617. The predicted molar refractivity (Wildman–Crippen MR) is 79.0 cm³/mol. The zero-order valence-electron chi connectivity index (χ0n) is 12.0. The third kappa shape index (κ3) is 2.52. The maximum absolute atomic E-state index is 12.7. The van der Waals surface area contributed by atoms with Crippen LogP contribution in [-0.4, -0.2) is 41.1 Å². The summed E-state index contributed by atoms with van der Waals surface area (Å²) >= 11 is 0. The molecule has 108 valence electrons. The Balaban J connectivity index is 1.81. The van der Waals surface area contributed by atoms with Crippen LogP contribution < -0.4 is 5.32 Å². The van der Waals surface area contributed by atoms with E-state index in [0.717, 1.165) is 36.2 Å². The second kappa shape index (κ2) is 5.09. The molecule has 20 heavy (non-hydrogen) atoms. The molecule has 4 nitrogen and oxygen atoms in total. The van der Waals surface area contributed by atoms with Gasteiger partial charge in [-0.2, -0.15) is 0 Å². The van der Waals surface area contributed by atoms with E-state index >= 15 is 0 Å². The molecule has 1 amide bonds. The number of benzene rings is 1.